The molecule has 0 spiro atoms. The van der Waals surface area contributed by atoms with Crippen molar-refractivity contribution in [1.82, 2.24) is 0 Å². The molecule has 0 bridgehead atoms. The fourth-order valence-electron chi connectivity index (χ4n) is 0.808. The van der Waals surface area contributed by atoms with E-state index in [0.717, 1.165) is 18.6 Å². The van der Waals surface area contributed by atoms with E-state index in [0.29, 0.717) is 0 Å². The van der Waals surface area contributed by atoms with Gasteiger partial charge in [0.1, 0.15) is 0 Å². The van der Waals surface area contributed by atoms with E-state index in [1.54, 1.807) is 0 Å². The molecular formula is C5H9BrOS. The van der Waals surface area contributed by atoms with Gasteiger partial charge in [-0.3, -0.25) is 4.21 Å². The Morgan fingerprint density at radius 3 is 2.62 bits per heavy atom. The summed E-state index contributed by atoms with van der Waals surface area (Å²) in [5.41, 5.74) is 0. The molecule has 0 amide bonds. The number of alkyl halides is 1. The summed E-state index contributed by atoms with van der Waals surface area (Å²) >= 11 is 3.35. The third-order valence-corrected chi connectivity index (χ3v) is 4.52. The maximum absolute atomic E-state index is 10.9. The zero-order valence-corrected chi connectivity index (χ0v) is 7.00. The first-order valence-electron chi connectivity index (χ1n) is 2.82. The zero-order valence-electron chi connectivity index (χ0n) is 4.60. The molecule has 1 rings (SSSR count). The van der Waals surface area contributed by atoms with Crippen molar-refractivity contribution >= 4 is 26.7 Å². The zero-order chi connectivity index (χ0) is 5.98. The van der Waals surface area contributed by atoms with Crippen LogP contribution in [0.3, 0.4) is 0 Å². The van der Waals surface area contributed by atoms with Gasteiger partial charge in [-0.15, -0.1) is 0 Å². The van der Waals surface area contributed by atoms with Crippen LogP contribution in [0.4, 0.5) is 0 Å². The van der Waals surface area contributed by atoms with Crippen molar-refractivity contribution in [3.05, 3.63) is 0 Å². The normalized spacial score (nSPS) is 39.6. The van der Waals surface area contributed by atoms with E-state index in [1.807, 2.05) is 0 Å². The topological polar surface area (TPSA) is 17.1 Å². The molecule has 1 fully saturated rings. The van der Waals surface area contributed by atoms with E-state index >= 15 is 0 Å². The molecule has 2 atom stereocenters. The summed E-state index contributed by atoms with van der Waals surface area (Å²) < 4.78 is 11.1. The highest BCUT2D eigenvalue weighted by molar-refractivity contribution is 9.11. The van der Waals surface area contributed by atoms with Crippen LogP contribution in [-0.4, -0.2) is 14.1 Å². The SMILES string of the molecule is O=S1CCCCC1Br. The maximum atomic E-state index is 10.9. The van der Waals surface area contributed by atoms with Gasteiger partial charge < -0.3 is 0 Å². The van der Waals surface area contributed by atoms with Crippen molar-refractivity contribution in [3.63, 3.8) is 0 Å². The summed E-state index contributed by atoms with van der Waals surface area (Å²) in [5, 5.41) is 0. The average molecular weight is 197 g/mol. The monoisotopic (exact) mass is 196 g/mol. The standard InChI is InChI=1S/C5H9BrOS/c6-5-3-1-2-4-8(5)7/h5H,1-4H2. The van der Waals surface area contributed by atoms with Crippen molar-refractivity contribution in [2.75, 3.05) is 5.75 Å². The molecule has 0 aliphatic carbocycles. The Labute approximate surface area is 60.4 Å². The van der Waals surface area contributed by atoms with Crippen LogP contribution in [0.2, 0.25) is 0 Å². The molecule has 0 saturated carbocycles. The highest BCUT2D eigenvalue weighted by Crippen LogP contribution is 2.20. The molecule has 2 unspecified atom stereocenters. The van der Waals surface area contributed by atoms with E-state index in [2.05, 4.69) is 15.9 Å². The first-order valence-corrected chi connectivity index (χ1v) is 5.12. The predicted octanol–water partition coefficient (Wildman–Crippen LogP) is 1.64. The molecule has 0 aromatic rings. The fourth-order valence-corrected chi connectivity index (χ4v) is 2.87. The van der Waals surface area contributed by atoms with Crippen LogP contribution in [0.25, 0.3) is 0 Å². The molecule has 3 heteroatoms. The Morgan fingerprint density at radius 2 is 2.25 bits per heavy atom. The van der Waals surface area contributed by atoms with Crippen molar-refractivity contribution in [1.29, 1.82) is 0 Å². The molecule has 1 heterocycles. The van der Waals surface area contributed by atoms with Crippen molar-refractivity contribution < 1.29 is 4.21 Å². The van der Waals surface area contributed by atoms with Crippen molar-refractivity contribution in [3.8, 4) is 0 Å². The molecule has 0 N–H and O–H groups in total. The third-order valence-electron chi connectivity index (χ3n) is 1.31. The van der Waals surface area contributed by atoms with Gasteiger partial charge in [0.25, 0.3) is 0 Å². The molecule has 0 aromatic carbocycles. The predicted molar refractivity (Wildman–Crippen MR) is 39.6 cm³/mol. The molecule has 8 heavy (non-hydrogen) atoms. The first kappa shape index (κ1) is 6.75. The van der Waals surface area contributed by atoms with Crippen molar-refractivity contribution in [2.24, 2.45) is 0 Å². The summed E-state index contributed by atoms with van der Waals surface area (Å²) in [4.78, 5) is 0. The summed E-state index contributed by atoms with van der Waals surface area (Å²) in [7, 11) is -0.568. The lowest BCUT2D eigenvalue weighted by atomic mass is 10.3. The Morgan fingerprint density at radius 1 is 1.50 bits per heavy atom. The summed E-state index contributed by atoms with van der Waals surface area (Å²) in [6, 6.07) is 0. The molecule has 1 aliphatic rings. The molecule has 1 saturated heterocycles. The summed E-state index contributed by atoms with van der Waals surface area (Å²) in [5.74, 6) is 0.899. The van der Waals surface area contributed by atoms with Crippen LogP contribution in [0.5, 0.6) is 0 Å². The molecule has 1 aliphatic heterocycles. The van der Waals surface area contributed by atoms with Crippen LogP contribution in [0.1, 0.15) is 19.3 Å². The van der Waals surface area contributed by atoms with Gasteiger partial charge in [-0.25, -0.2) is 0 Å². The number of halogens is 1. The highest BCUT2D eigenvalue weighted by atomic mass is 79.9. The Hall–Kier alpha value is 0.630. The lowest BCUT2D eigenvalue weighted by Crippen LogP contribution is -2.15. The highest BCUT2D eigenvalue weighted by Gasteiger charge is 2.16. The van der Waals surface area contributed by atoms with Crippen LogP contribution < -0.4 is 0 Å². The van der Waals surface area contributed by atoms with E-state index in [9.17, 15) is 4.21 Å². The van der Waals surface area contributed by atoms with Crippen LogP contribution in [-0.2, 0) is 10.8 Å². The number of hydrogen-bond acceptors (Lipinski definition) is 1. The van der Waals surface area contributed by atoms with Gasteiger partial charge in [-0.1, -0.05) is 22.4 Å². The van der Waals surface area contributed by atoms with Gasteiger partial charge in [-0.05, 0) is 12.8 Å². The second-order valence-corrected chi connectivity index (χ2v) is 5.44. The first-order chi connectivity index (χ1) is 3.80. The molecule has 1 nitrogen and oxygen atoms in total. The van der Waals surface area contributed by atoms with Gasteiger partial charge in [0.2, 0.25) is 0 Å². The molecule has 0 aromatic heterocycles. The maximum Gasteiger partial charge on any atom is 0.0898 e. The molecule has 0 radical (unpaired) electrons. The van der Waals surface area contributed by atoms with Gasteiger partial charge >= 0.3 is 0 Å². The quantitative estimate of drug-likeness (QED) is 0.539. The second kappa shape index (κ2) is 2.97. The Balaban J connectivity index is 2.39. The van der Waals surface area contributed by atoms with Gasteiger partial charge in [0, 0.05) is 16.6 Å². The van der Waals surface area contributed by atoms with E-state index in [-0.39, 0.29) is 4.16 Å². The van der Waals surface area contributed by atoms with Gasteiger partial charge in [-0.2, -0.15) is 0 Å². The largest absolute Gasteiger partial charge is 0.258 e. The summed E-state index contributed by atoms with van der Waals surface area (Å²) in [6.07, 6.45) is 3.48. The van der Waals surface area contributed by atoms with Crippen molar-refractivity contribution in [2.45, 2.75) is 23.4 Å². The second-order valence-electron chi connectivity index (χ2n) is 1.99. The van der Waals surface area contributed by atoms with E-state index < -0.39 is 10.8 Å². The Bertz CT molecular complexity index is 105. The van der Waals surface area contributed by atoms with E-state index in [4.69, 9.17) is 0 Å². The minimum atomic E-state index is -0.568. The summed E-state index contributed by atoms with van der Waals surface area (Å²) in [6.45, 7) is 0. The van der Waals surface area contributed by atoms with E-state index in [1.165, 1.54) is 6.42 Å². The smallest absolute Gasteiger partial charge is 0.0898 e. The third kappa shape index (κ3) is 1.55. The minimum Gasteiger partial charge on any atom is -0.258 e. The van der Waals surface area contributed by atoms with Gasteiger partial charge in [0.05, 0.1) is 4.16 Å². The average Bonchev–Trinajstić information content (AvgIpc) is 1.77. The van der Waals surface area contributed by atoms with Crippen LogP contribution in [0.15, 0.2) is 0 Å². The lowest BCUT2D eigenvalue weighted by molar-refractivity contribution is 0.652. The molecule has 48 valence electrons. The van der Waals surface area contributed by atoms with Gasteiger partial charge in [0.15, 0.2) is 0 Å². The number of hydrogen-bond donors (Lipinski definition) is 0. The van der Waals surface area contributed by atoms with Crippen LogP contribution in [0, 0.1) is 0 Å². The lowest BCUT2D eigenvalue weighted by Gasteiger charge is -2.14. The Kier molecular flexibility index (Phi) is 2.50. The number of rotatable bonds is 0. The molecular weight excluding hydrogens is 188 g/mol. The fraction of sp³-hybridized carbons (Fsp3) is 1.00. The minimum absolute atomic E-state index is 0.288. The van der Waals surface area contributed by atoms with Crippen LogP contribution >= 0.6 is 15.9 Å².